The molecule has 0 bridgehead atoms. The summed E-state index contributed by atoms with van der Waals surface area (Å²) in [7, 11) is 0. The van der Waals surface area contributed by atoms with Crippen LogP contribution < -0.4 is 10.6 Å². The molecule has 2 unspecified atom stereocenters. The fraction of sp³-hybridized carbons (Fsp3) is 0.929. The Labute approximate surface area is 106 Å². The van der Waals surface area contributed by atoms with Crippen molar-refractivity contribution in [3.63, 3.8) is 0 Å². The number of hydrogen-bond acceptors (Lipinski definition) is 2. The second-order valence-electron chi connectivity index (χ2n) is 5.22. The van der Waals surface area contributed by atoms with Crippen molar-refractivity contribution in [2.45, 2.75) is 64.8 Å². The second kappa shape index (κ2) is 8.51. The molecular formula is C14H28N2O. The zero-order valence-corrected chi connectivity index (χ0v) is 11.4. The molecule has 1 aliphatic rings. The molecule has 0 spiro atoms. The lowest BCUT2D eigenvalue weighted by molar-refractivity contribution is -0.122. The number of hydrogen-bond donors (Lipinski definition) is 2. The number of rotatable bonds is 8. The molecule has 0 radical (unpaired) electrons. The number of amides is 1. The normalized spacial score (nSPS) is 21.4. The first-order valence-electron chi connectivity index (χ1n) is 7.26. The van der Waals surface area contributed by atoms with Gasteiger partial charge in [-0.15, -0.1) is 0 Å². The fourth-order valence-corrected chi connectivity index (χ4v) is 2.45. The summed E-state index contributed by atoms with van der Waals surface area (Å²) in [6.07, 6.45) is 7.95. The SMILES string of the molecule is CCCCC(CC)CC(=O)NCC1CCCN1. The molecule has 17 heavy (non-hydrogen) atoms. The van der Waals surface area contributed by atoms with E-state index in [-0.39, 0.29) is 5.91 Å². The number of carbonyl (C=O) groups is 1. The molecule has 0 aromatic carbocycles. The highest BCUT2D eigenvalue weighted by Gasteiger charge is 2.16. The van der Waals surface area contributed by atoms with Crippen molar-refractivity contribution in [2.24, 2.45) is 5.92 Å². The van der Waals surface area contributed by atoms with Crippen molar-refractivity contribution >= 4 is 5.91 Å². The second-order valence-corrected chi connectivity index (χ2v) is 5.22. The van der Waals surface area contributed by atoms with Crippen molar-refractivity contribution in [3.8, 4) is 0 Å². The molecule has 0 aromatic heterocycles. The maximum absolute atomic E-state index is 11.8. The van der Waals surface area contributed by atoms with Crippen LogP contribution in [-0.4, -0.2) is 25.0 Å². The van der Waals surface area contributed by atoms with E-state index >= 15 is 0 Å². The van der Waals surface area contributed by atoms with E-state index in [1.165, 1.54) is 32.1 Å². The van der Waals surface area contributed by atoms with Crippen molar-refractivity contribution in [1.29, 1.82) is 0 Å². The van der Waals surface area contributed by atoms with E-state index in [4.69, 9.17) is 0 Å². The molecule has 1 amide bonds. The Morgan fingerprint density at radius 1 is 1.47 bits per heavy atom. The van der Waals surface area contributed by atoms with Crippen LogP contribution >= 0.6 is 0 Å². The molecule has 0 aromatic rings. The third-order valence-electron chi connectivity index (χ3n) is 3.73. The van der Waals surface area contributed by atoms with Gasteiger partial charge in [0.2, 0.25) is 5.91 Å². The summed E-state index contributed by atoms with van der Waals surface area (Å²) in [5, 5.41) is 6.46. The summed E-state index contributed by atoms with van der Waals surface area (Å²) in [5.74, 6) is 0.813. The van der Waals surface area contributed by atoms with E-state index in [0.29, 0.717) is 18.4 Å². The lowest BCUT2D eigenvalue weighted by Gasteiger charge is -2.16. The lowest BCUT2D eigenvalue weighted by atomic mass is 9.95. The minimum absolute atomic E-state index is 0.238. The van der Waals surface area contributed by atoms with Gasteiger partial charge in [0.25, 0.3) is 0 Å². The minimum atomic E-state index is 0.238. The van der Waals surface area contributed by atoms with Gasteiger partial charge in [0.1, 0.15) is 0 Å². The van der Waals surface area contributed by atoms with Gasteiger partial charge in [-0.05, 0) is 31.7 Å². The maximum atomic E-state index is 11.8. The highest BCUT2D eigenvalue weighted by atomic mass is 16.1. The van der Waals surface area contributed by atoms with Crippen molar-refractivity contribution in [3.05, 3.63) is 0 Å². The summed E-state index contributed by atoms with van der Waals surface area (Å²) >= 11 is 0. The Hall–Kier alpha value is -0.570. The number of carbonyl (C=O) groups excluding carboxylic acids is 1. The monoisotopic (exact) mass is 240 g/mol. The predicted molar refractivity (Wildman–Crippen MR) is 72.0 cm³/mol. The van der Waals surface area contributed by atoms with Crippen LogP contribution in [0.3, 0.4) is 0 Å². The summed E-state index contributed by atoms with van der Waals surface area (Å²) in [6, 6.07) is 0.509. The first-order valence-corrected chi connectivity index (χ1v) is 7.26. The average Bonchev–Trinajstić information content (AvgIpc) is 2.85. The smallest absolute Gasteiger partial charge is 0.220 e. The zero-order chi connectivity index (χ0) is 12.5. The van der Waals surface area contributed by atoms with Gasteiger partial charge < -0.3 is 10.6 Å². The van der Waals surface area contributed by atoms with E-state index in [2.05, 4.69) is 24.5 Å². The Balaban J connectivity index is 2.12. The van der Waals surface area contributed by atoms with Gasteiger partial charge in [-0.1, -0.05) is 33.1 Å². The number of unbranched alkanes of at least 4 members (excludes halogenated alkanes) is 1. The van der Waals surface area contributed by atoms with Crippen molar-refractivity contribution in [2.75, 3.05) is 13.1 Å². The third-order valence-corrected chi connectivity index (χ3v) is 3.73. The van der Waals surface area contributed by atoms with Gasteiger partial charge in [-0.2, -0.15) is 0 Å². The largest absolute Gasteiger partial charge is 0.355 e. The van der Waals surface area contributed by atoms with Crippen LogP contribution in [0.4, 0.5) is 0 Å². The molecule has 1 saturated heterocycles. The number of nitrogens with one attached hydrogen (secondary N) is 2. The van der Waals surface area contributed by atoms with E-state index in [1.54, 1.807) is 0 Å². The molecule has 0 aliphatic carbocycles. The molecule has 0 saturated carbocycles. The van der Waals surface area contributed by atoms with Crippen LogP contribution in [0.5, 0.6) is 0 Å². The first-order chi connectivity index (χ1) is 8.26. The van der Waals surface area contributed by atoms with Crippen LogP contribution in [0.25, 0.3) is 0 Å². The van der Waals surface area contributed by atoms with Gasteiger partial charge in [0.05, 0.1) is 0 Å². The Bertz CT molecular complexity index is 212. The Kier molecular flexibility index (Phi) is 7.25. The van der Waals surface area contributed by atoms with Crippen LogP contribution in [0.2, 0.25) is 0 Å². The van der Waals surface area contributed by atoms with E-state index < -0.39 is 0 Å². The van der Waals surface area contributed by atoms with Crippen LogP contribution in [-0.2, 0) is 4.79 Å². The maximum Gasteiger partial charge on any atom is 0.220 e. The first kappa shape index (κ1) is 14.5. The average molecular weight is 240 g/mol. The molecule has 1 fully saturated rings. The summed E-state index contributed by atoms with van der Waals surface area (Å²) in [5.41, 5.74) is 0. The molecule has 100 valence electrons. The van der Waals surface area contributed by atoms with Crippen LogP contribution in [0, 0.1) is 5.92 Å². The van der Waals surface area contributed by atoms with Gasteiger partial charge in [-0.25, -0.2) is 0 Å². The van der Waals surface area contributed by atoms with Crippen molar-refractivity contribution < 1.29 is 4.79 Å². The quantitative estimate of drug-likeness (QED) is 0.684. The van der Waals surface area contributed by atoms with Gasteiger partial charge in [-0.3, -0.25) is 4.79 Å². The van der Waals surface area contributed by atoms with Gasteiger partial charge in [0, 0.05) is 19.0 Å². The van der Waals surface area contributed by atoms with E-state index in [1.807, 2.05) is 0 Å². The van der Waals surface area contributed by atoms with E-state index in [9.17, 15) is 4.79 Å². The highest BCUT2D eigenvalue weighted by molar-refractivity contribution is 5.76. The summed E-state index contributed by atoms with van der Waals surface area (Å²) < 4.78 is 0. The topological polar surface area (TPSA) is 41.1 Å². The van der Waals surface area contributed by atoms with Crippen molar-refractivity contribution in [1.82, 2.24) is 10.6 Å². The molecule has 1 heterocycles. The predicted octanol–water partition coefficient (Wildman–Crippen LogP) is 2.46. The molecule has 3 nitrogen and oxygen atoms in total. The molecule has 2 atom stereocenters. The minimum Gasteiger partial charge on any atom is -0.355 e. The van der Waals surface area contributed by atoms with Gasteiger partial charge >= 0.3 is 0 Å². The molecule has 3 heteroatoms. The fourth-order valence-electron chi connectivity index (χ4n) is 2.45. The Morgan fingerprint density at radius 2 is 2.29 bits per heavy atom. The summed E-state index contributed by atoms with van der Waals surface area (Å²) in [6.45, 7) is 6.31. The van der Waals surface area contributed by atoms with Gasteiger partial charge in [0.15, 0.2) is 0 Å². The summed E-state index contributed by atoms with van der Waals surface area (Å²) in [4.78, 5) is 11.8. The van der Waals surface area contributed by atoms with Crippen LogP contribution in [0.15, 0.2) is 0 Å². The molecule has 2 N–H and O–H groups in total. The zero-order valence-electron chi connectivity index (χ0n) is 11.4. The molecule has 1 aliphatic heterocycles. The molecular weight excluding hydrogens is 212 g/mol. The van der Waals surface area contributed by atoms with Crippen LogP contribution in [0.1, 0.15) is 58.8 Å². The lowest BCUT2D eigenvalue weighted by Crippen LogP contribution is -2.37. The Morgan fingerprint density at radius 3 is 2.88 bits per heavy atom. The standard InChI is InChI=1S/C14H28N2O/c1-3-5-7-12(4-2)10-14(17)16-11-13-8-6-9-15-13/h12-13,15H,3-11H2,1-2H3,(H,16,17). The highest BCUT2D eigenvalue weighted by Crippen LogP contribution is 2.16. The molecule has 1 rings (SSSR count). The van der Waals surface area contributed by atoms with E-state index in [0.717, 1.165) is 19.5 Å². The third kappa shape index (κ3) is 6.06.